The van der Waals surface area contributed by atoms with Crippen LogP contribution in [0.1, 0.15) is 356 Å². The van der Waals surface area contributed by atoms with E-state index in [-0.39, 0.29) is 25.7 Å². The van der Waals surface area contributed by atoms with Crippen LogP contribution in [0.15, 0.2) is 24.3 Å². The Bertz CT molecular complexity index is 1900. The summed E-state index contributed by atoms with van der Waals surface area (Å²) < 4.78 is 68.4. The van der Waals surface area contributed by atoms with Gasteiger partial charge in [0.2, 0.25) is 0 Å². The van der Waals surface area contributed by atoms with E-state index in [2.05, 4.69) is 65.8 Å². The first-order valence-electron chi connectivity index (χ1n) is 37.8. The van der Waals surface area contributed by atoms with Crippen molar-refractivity contribution < 1.29 is 80.2 Å². The molecule has 0 aromatic heterocycles. The number of ether oxygens (including phenoxy) is 4. The monoisotopic (exact) mass is 1360 g/mol. The average Bonchev–Trinajstić information content (AvgIpc) is 3.73. The van der Waals surface area contributed by atoms with Gasteiger partial charge in [0.05, 0.1) is 26.4 Å². The number of aliphatic hydroxyl groups is 1. The van der Waals surface area contributed by atoms with Crippen molar-refractivity contribution in [2.45, 2.75) is 374 Å². The van der Waals surface area contributed by atoms with Crippen LogP contribution in [0.4, 0.5) is 0 Å². The number of phosphoric acid groups is 2. The summed E-state index contributed by atoms with van der Waals surface area (Å²) in [4.78, 5) is 72.7. The topological polar surface area (TPSA) is 237 Å². The van der Waals surface area contributed by atoms with Gasteiger partial charge in [-0.25, -0.2) is 9.13 Å². The maximum Gasteiger partial charge on any atom is 0.472 e. The standard InChI is InChI=1S/C74H140O17P2/c1-7-9-11-13-15-17-19-21-22-25-29-32-38-44-50-56-71(76)84-62-69(90-74(79)59-53-47-40-34-30-26-23-24-27-31-36-42-48-54-66(3)4)64-88-92(80,81)86-60-68(75)61-87-93(82,83)89-65-70(63-85-72(77)57-51-45-41-35-37-43-49-55-67(5)6)91-73(78)58-52-46-39-33-28-20-18-16-14-12-10-8-2/h17,19,21-22,66-70,75H,7-16,18,20,23-65H2,1-6H3,(H,80,81)(H,82,83)/b19-17-,22-21-/t68-,69-,70-/m1/s1. The number of phosphoric ester groups is 2. The van der Waals surface area contributed by atoms with Crippen molar-refractivity contribution in [1.29, 1.82) is 0 Å². The summed E-state index contributed by atoms with van der Waals surface area (Å²) in [5.41, 5.74) is 0. The maximum atomic E-state index is 13.1. The Kier molecular flexibility index (Phi) is 63.7. The Morgan fingerprint density at radius 3 is 0.882 bits per heavy atom. The molecule has 0 aliphatic rings. The van der Waals surface area contributed by atoms with Crippen molar-refractivity contribution >= 4 is 39.5 Å². The number of allylic oxidation sites excluding steroid dienone is 4. The zero-order chi connectivity index (χ0) is 68.6. The van der Waals surface area contributed by atoms with Gasteiger partial charge in [0.25, 0.3) is 0 Å². The zero-order valence-corrected chi connectivity index (χ0v) is 61.8. The number of aliphatic hydroxyl groups excluding tert-OH is 1. The molecule has 0 saturated carbocycles. The number of unbranched alkanes of at least 4 members (excludes halogenated alkanes) is 38. The molecule has 0 fully saturated rings. The van der Waals surface area contributed by atoms with E-state index >= 15 is 0 Å². The Hall–Kier alpha value is -2.46. The van der Waals surface area contributed by atoms with Crippen molar-refractivity contribution in [1.82, 2.24) is 0 Å². The van der Waals surface area contributed by atoms with Gasteiger partial charge in [-0.15, -0.1) is 0 Å². The Morgan fingerprint density at radius 2 is 0.581 bits per heavy atom. The first kappa shape index (κ1) is 90.5. The van der Waals surface area contributed by atoms with E-state index in [1.165, 1.54) is 148 Å². The zero-order valence-electron chi connectivity index (χ0n) is 60.0. The van der Waals surface area contributed by atoms with E-state index in [1.54, 1.807) is 0 Å². The second kappa shape index (κ2) is 65.5. The van der Waals surface area contributed by atoms with Crippen LogP contribution in [0.25, 0.3) is 0 Å². The van der Waals surface area contributed by atoms with E-state index in [1.807, 2.05) is 0 Å². The Labute approximate surface area is 567 Å². The van der Waals surface area contributed by atoms with Gasteiger partial charge in [0, 0.05) is 25.7 Å². The average molecular weight is 1360 g/mol. The van der Waals surface area contributed by atoms with Gasteiger partial charge in [-0.1, -0.05) is 303 Å². The van der Waals surface area contributed by atoms with Crippen LogP contribution in [0.3, 0.4) is 0 Å². The molecule has 17 nitrogen and oxygen atoms in total. The lowest BCUT2D eigenvalue weighted by atomic mass is 10.0. The molecule has 0 heterocycles. The maximum absolute atomic E-state index is 13.1. The molecule has 0 rings (SSSR count). The molecule has 93 heavy (non-hydrogen) atoms. The number of carbonyl (C=O) groups is 4. The minimum Gasteiger partial charge on any atom is -0.462 e. The normalized spacial score (nSPS) is 14.2. The van der Waals surface area contributed by atoms with Gasteiger partial charge in [0.15, 0.2) is 12.2 Å². The molecular weight excluding hydrogens is 1220 g/mol. The molecule has 3 N–H and O–H groups in total. The first-order chi connectivity index (χ1) is 44.9. The largest absolute Gasteiger partial charge is 0.472 e. The number of hydrogen-bond acceptors (Lipinski definition) is 15. The Morgan fingerprint density at radius 1 is 0.333 bits per heavy atom. The minimum absolute atomic E-state index is 0.100. The lowest BCUT2D eigenvalue weighted by Gasteiger charge is -2.21. The molecule has 0 bridgehead atoms. The summed E-state index contributed by atoms with van der Waals surface area (Å²) in [6, 6.07) is 0. The van der Waals surface area contributed by atoms with E-state index in [0.29, 0.717) is 31.6 Å². The molecule has 19 heteroatoms. The lowest BCUT2D eigenvalue weighted by molar-refractivity contribution is -0.161. The third-order valence-electron chi connectivity index (χ3n) is 16.6. The van der Waals surface area contributed by atoms with Crippen LogP contribution in [-0.4, -0.2) is 96.7 Å². The van der Waals surface area contributed by atoms with E-state index in [4.69, 9.17) is 37.0 Å². The first-order valence-corrected chi connectivity index (χ1v) is 40.8. The summed E-state index contributed by atoms with van der Waals surface area (Å²) in [7, 11) is -9.92. The van der Waals surface area contributed by atoms with Crippen molar-refractivity contribution in [2.24, 2.45) is 11.8 Å². The highest BCUT2D eigenvalue weighted by molar-refractivity contribution is 7.47. The molecule has 0 aliphatic heterocycles. The van der Waals surface area contributed by atoms with Crippen molar-refractivity contribution in [3.8, 4) is 0 Å². The summed E-state index contributed by atoms with van der Waals surface area (Å²) in [6.07, 6.45) is 54.9. The molecular formula is C74H140O17P2. The van der Waals surface area contributed by atoms with Crippen LogP contribution in [-0.2, 0) is 65.4 Å². The quantitative estimate of drug-likeness (QED) is 0.0169. The third-order valence-corrected chi connectivity index (χ3v) is 18.5. The van der Waals surface area contributed by atoms with Crippen molar-refractivity contribution in [3.05, 3.63) is 24.3 Å². The van der Waals surface area contributed by atoms with Crippen LogP contribution < -0.4 is 0 Å². The fraction of sp³-hybridized carbons (Fsp3) is 0.892. The predicted molar refractivity (Wildman–Crippen MR) is 377 cm³/mol. The predicted octanol–water partition coefficient (Wildman–Crippen LogP) is 21.1. The van der Waals surface area contributed by atoms with Crippen LogP contribution >= 0.6 is 15.6 Å². The number of carbonyl (C=O) groups excluding carboxylic acids is 4. The van der Waals surface area contributed by atoms with E-state index < -0.39 is 97.5 Å². The number of hydrogen-bond donors (Lipinski definition) is 3. The lowest BCUT2D eigenvalue weighted by Crippen LogP contribution is -2.30. The summed E-state index contributed by atoms with van der Waals surface area (Å²) in [5, 5.41) is 10.6. The van der Waals surface area contributed by atoms with Gasteiger partial charge in [-0.3, -0.25) is 37.3 Å². The smallest absolute Gasteiger partial charge is 0.462 e. The number of rotatable bonds is 71. The highest BCUT2D eigenvalue weighted by Gasteiger charge is 2.30. The molecule has 0 spiro atoms. The van der Waals surface area contributed by atoms with Gasteiger partial charge < -0.3 is 33.8 Å². The summed E-state index contributed by atoms with van der Waals surface area (Å²) >= 11 is 0. The van der Waals surface area contributed by atoms with Crippen LogP contribution in [0.2, 0.25) is 0 Å². The molecule has 0 aromatic carbocycles. The van der Waals surface area contributed by atoms with Crippen LogP contribution in [0.5, 0.6) is 0 Å². The molecule has 2 unspecified atom stereocenters. The molecule has 0 saturated heterocycles. The van der Waals surface area contributed by atoms with Gasteiger partial charge >= 0.3 is 39.5 Å². The van der Waals surface area contributed by atoms with E-state index in [0.717, 1.165) is 121 Å². The molecule has 0 amide bonds. The fourth-order valence-corrected chi connectivity index (χ4v) is 12.3. The van der Waals surface area contributed by atoms with Crippen molar-refractivity contribution in [3.63, 3.8) is 0 Å². The highest BCUT2D eigenvalue weighted by Crippen LogP contribution is 2.45. The molecule has 0 radical (unpaired) electrons. The van der Waals surface area contributed by atoms with E-state index in [9.17, 15) is 43.2 Å². The molecule has 5 atom stereocenters. The van der Waals surface area contributed by atoms with Crippen LogP contribution in [0, 0.1) is 11.8 Å². The highest BCUT2D eigenvalue weighted by atomic mass is 31.2. The fourth-order valence-electron chi connectivity index (χ4n) is 10.8. The second-order valence-electron chi connectivity index (χ2n) is 27.0. The summed E-state index contributed by atoms with van der Waals surface area (Å²) in [5.74, 6) is -0.661. The summed E-state index contributed by atoms with van der Waals surface area (Å²) in [6.45, 7) is 9.47. The third kappa shape index (κ3) is 67.9. The molecule has 548 valence electrons. The molecule has 0 aliphatic carbocycles. The Balaban J connectivity index is 5.28. The van der Waals surface area contributed by atoms with Gasteiger partial charge in [0.1, 0.15) is 19.3 Å². The van der Waals surface area contributed by atoms with Gasteiger partial charge in [-0.05, 0) is 63.2 Å². The molecule has 0 aromatic rings. The SMILES string of the molecule is CCCCCC/C=C\C=C/CCCCCCCC(=O)OC[C@H](COP(=O)(O)OC[C@@H](O)COP(=O)(O)OC[C@@H](COC(=O)CCCCCCCCCC(C)C)OC(=O)CCCCCCCCCCCCCC)OC(=O)CCCCCCCCCCCCCCCC(C)C. The van der Waals surface area contributed by atoms with Gasteiger partial charge in [-0.2, -0.15) is 0 Å². The minimum atomic E-state index is -4.96. The second-order valence-corrected chi connectivity index (χ2v) is 29.9. The van der Waals surface area contributed by atoms with Crippen molar-refractivity contribution in [2.75, 3.05) is 39.6 Å². The number of esters is 4.